The Morgan fingerprint density at radius 3 is 2.95 bits per heavy atom. The maximum atomic E-state index is 13.3. The second-order valence-electron chi connectivity index (χ2n) is 4.47. The smallest absolute Gasteiger partial charge is 0.263 e. The largest absolute Gasteiger partial charge is 0.347 e. The highest BCUT2D eigenvalue weighted by atomic mass is 79.9. The van der Waals surface area contributed by atoms with E-state index in [-0.39, 0.29) is 18.3 Å². The number of hydrogen-bond acceptors (Lipinski definition) is 4. The van der Waals surface area contributed by atoms with Gasteiger partial charge in [0.2, 0.25) is 0 Å². The number of carbonyl (C=O) groups excluding carboxylic acids is 1. The number of hydrogen-bond donors (Lipinski definition) is 1. The second-order valence-corrected chi connectivity index (χ2v) is 7.36. The molecule has 0 unspecified atom stereocenters. The highest BCUT2D eigenvalue weighted by molar-refractivity contribution is 9.10. The van der Waals surface area contributed by atoms with E-state index in [1.165, 1.54) is 23.5 Å². The Morgan fingerprint density at radius 2 is 2.23 bits per heavy atom. The third kappa shape index (κ3) is 3.60. The zero-order valence-electron chi connectivity index (χ0n) is 11.2. The Labute approximate surface area is 143 Å². The zero-order valence-corrected chi connectivity index (χ0v) is 14.4. The highest BCUT2D eigenvalue weighted by Gasteiger charge is 2.12. The molecule has 0 radical (unpaired) electrons. The topological polar surface area (TPSA) is 42.0 Å². The van der Waals surface area contributed by atoms with E-state index in [9.17, 15) is 9.18 Å². The van der Waals surface area contributed by atoms with Gasteiger partial charge in [0, 0.05) is 11.0 Å². The molecule has 0 atom stereocenters. The average Bonchev–Trinajstić information content (AvgIpc) is 3.14. The molecule has 2 heterocycles. The van der Waals surface area contributed by atoms with Gasteiger partial charge in [0.15, 0.2) is 0 Å². The number of thiazole rings is 1. The number of nitrogens with zero attached hydrogens (tertiary/aromatic N) is 1. The van der Waals surface area contributed by atoms with E-state index >= 15 is 0 Å². The van der Waals surface area contributed by atoms with Gasteiger partial charge in [-0.1, -0.05) is 22.0 Å². The first-order chi connectivity index (χ1) is 10.6. The van der Waals surface area contributed by atoms with Gasteiger partial charge in [-0.3, -0.25) is 4.79 Å². The first-order valence-corrected chi connectivity index (χ1v) is 8.83. The van der Waals surface area contributed by atoms with Gasteiger partial charge in [-0.25, -0.2) is 9.37 Å². The van der Waals surface area contributed by atoms with Gasteiger partial charge >= 0.3 is 0 Å². The summed E-state index contributed by atoms with van der Waals surface area (Å²) in [6.07, 6.45) is 1.57. The molecule has 112 valence electrons. The van der Waals surface area contributed by atoms with Gasteiger partial charge in [-0.15, -0.1) is 22.7 Å². The van der Waals surface area contributed by atoms with Gasteiger partial charge in [-0.05, 0) is 35.2 Å². The molecule has 0 aliphatic rings. The SMILES string of the molecule is O=C(NCc1cc(F)cc(Br)c1)c1cnc(-c2cccs2)s1. The number of aromatic nitrogens is 1. The molecule has 3 rings (SSSR count). The van der Waals surface area contributed by atoms with Crippen molar-refractivity contribution in [3.05, 3.63) is 62.6 Å². The van der Waals surface area contributed by atoms with E-state index in [1.807, 2.05) is 17.5 Å². The number of amides is 1. The van der Waals surface area contributed by atoms with E-state index in [1.54, 1.807) is 23.6 Å². The van der Waals surface area contributed by atoms with Crippen molar-refractivity contribution in [2.24, 2.45) is 0 Å². The molecular formula is C15H10BrFN2OS2. The summed E-state index contributed by atoms with van der Waals surface area (Å²) in [7, 11) is 0. The fraction of sp³-hybridized carbons (Fsp3) is 0.0667. The minimum atomic E-state index is -0.337. The van der Waals surface area contributed by atoms with Crippen LogP contribution in [-0.2, 0) is 6.54 Å². The van der Waals surface area contributed by atoms with Crippen molar-refractivity contribution in [2.45, 2.75) is 6.54 Å². The molecule has 0 saturated carbocycles. The van der Waals surface area contributed by atoms with Crippen LogP contribution in [0, 0.1) is 5.82 Å². The Morgan fingerprint density at radius 1 is 1.36 bits per heavy atom. The highest BCUT2D eigenvalue weighted by Crippen LogP contribution is 2.28. The monoisotopic (exact) mass is 396 g/mol. The minimum absolute atomic E-state index is 0.208. The summed E-state index contributed by atoms with van der Waals surface area (Å²) in [5.74, 6) is -0.544. The summed E-state index contributed by atoms with van der Waals surface area (Å²) in [6, 6.07) is 8.46. The molecule has 2 aromatic heterocycles. The zero-order chi connectivity index (χ0) is 15.5. The van der Waals surface area contributed by atoms with Gasteiger partial charge in [0.25, 0.3) is 5.91 Å². The molecule has 0 saturated heterocycles. The molecule has 0 spiro atoms. The number of thiophene rings is 1. The summed E-state index contributed by atoms with van der Waals surface area (Å²) in [6.45, 7) is 0.265. The number of carbonyl (C=O) groups is 1. The lowest BCUT2D eigenvalue weighted by Gasteiger charge is -2.04. The van der Waals surface area contributed by atoms with Crippen LogP contribution in [0.25, 0.3) is 9.88 Å². The Balaban J connectivity index is 1.67. The van der Waals surface area contributed by atoms with Crippen LogP contribution in [-0.4, -0.2) is 10.9 Å². The predicted octanol–water partition coefficient (Wildman–Crippen LogP) is 4.70. The quantitative estimate of drug-likeness (QED) is 0.693. The molecule has 0 aliphatic heterocycles. The van der Waals surface area contributed by atoms with Crippen LogP contribution in [0.3, 0.4) is 0 Å². The van der Waals surface area contributed by atoms with Crippen LogP contribution in [0.2, 0.25) is 0 Å². The second kappa shape index (κ2) is 6.68. The minimum Gasteiger partial charge on any atom is -0.347 e. The summed E-state index contributed by atoms with van der Waals surface area (Å²) < 4.78 is 13.9. The fourth-order valence-corrected chi connectivity index (χ4v) is 4.02. The van der Waals surface area contributed by atoms with Gasteiger partial charge in [0.1, 0.15) is 15.7 Å². The molecule has 22 heavy (non-hydrogen) atoms. The molecule has 0 aliphatic carbocycles. The van der Waals surface area contributed by atoms with Crippen molar-refractivity contribution < 1.29 is 9.18 Å². The predicted molar refractivity (Wildman–Crippen MR) is 90.7 cm³/mol. The summed E-state index contributed by atoms with van der Waals surface area (Å²) in [5.41, 5.74) is 0.697. The van der Waals surface area contributed by atoms with Crippen molar-refractivity contribution >= 4 is 44.5 Å². The van der Waals surface area contributed by atoms with Crippen LogP contribution < -0.4 is 5.32 Å². The fourth-order valence-electron chi connectivity index (χ4n) is 1.88. The van der Waals surface area contributed by atoms with Crippen LogP contribution in [0.1, 0.15) is 15.2 Å². The molecule has 1 N–H and O–H groups in total. The third-order valence-corrected chi connectivity index (χ3v) is 5.33. The van der Waals surface area contributed by atoms with E-state index in [0.717, 1.165) is 9.88 Å². The Hall–Kier alpha value is -1.57. The molecule has 3 nitrogen and oxygen atoms in total. The lowest BCUT2D eigenvalue weighted by molar-refractivity contribution is 0.0954. The van der Waals surface area contributed by atoms with Crippen LogP contribution in [0.15, 0.2) is 46.4 Å². The number of rotatable bonds is 4. The van der Waals surface area contributed by atoms with E-state index in [2.05, 4.69) is 26.2 Å². The first kappa shape index (κ1) is 15.3. The molecule has 0 bridgehead atoms. The van der Waals surface area contributed by atoms with E-state index in [0.29, 0.717) is 14.9 Å². The molecule has 3 aromatic rings. The van der Waals surface area contributed by atoms with Crippen molar-refractivity contribution in [3.63, 3.8) is 0 Å². The van der Waals surface area contributed by atoms with Gasteiger partial charge < -0.3 is 5.32 Å². The molecule has 7 heteroatoms. The standard InChI is InChI=1S/C15H10BrFN2OS2/c16-10-4-9(5-11(17)6-10)7-18-14(20)13-8-19-15(22-13)12-2-1-3-21-12/h1-6,8H,7H2,(H,18,20). The van der Waals surface area contributed by atoms with Gasteiger partial charge in [0.05, 0.1) is 11.1 Å². The number of nitrogens with one attached hydrogen (secondary N) is 1. The lowest BCUT2D eigenvalue weighted by Crippen LogP contribution is -2.21. The van der Waals surface area contributed by atoms with E-state index in [4.69, 9.17) is 0 Å². The number of halogens is 2. The molecule has 1 aromatic carbocycles. The van der Waals surface area contributed by atoms with E-state index < -0.39 is 0 Å². The lowest BCUT2D eigenvalue weighted by atomic mass is 10.2. The molecule has 0 fully saturated rings. The average molecular weight is 397 g/mol. The summed E-state index contributed by atoms with van der Waals surface area (Å²) in [5, 5.41) is 5.57. The van der Waals surface area contributed by atoms with Gasteiger partial charge in [-0.2, -0.15) is 0 Å². The maximum Gasteiger partial charge on any atom is 0.263 e. The maximum absolute atomic E-state index is 13.3. The van der Waals surface area contributed by atoms with Crippen molar-refractivity contribution in [1.29, 1.82) is 0 Å². The summed E-state index contributed by atoms with van der Waals surface area (Å²) >= 11 is 6.16. The number of benzene rings is 1. The molecular weight excluding hydrogens is 387 g/mol. The Bertz CT molecular complexity index is 781. The summed E-state index contributed by atoms with van der Waals surface area (Å²) in [4.78, 5) is 18.0. The van der Waals surface area contributed by atoms with Crippen molar-refractivity contribution in [2.75, 3.05) is 0 Å². The third-order valence-electron chi connectivity index (χ3n) is 2.84. The van der Waals surface area contributed by atoms with Crippen molar-refractivity contribution in [3.8, 4) is 9.88 Å². The first-order valence-electron chi connectivity index (χ1n) is 6.35. The van der Waals surface area contributed by atoms with Crippen LogP contribution in [0.5, 0.6) is 0 Å². The van der Waals surface area contributed by atoms with Crippen LogP contribution in [0.4, 0.5) is 4.39 Å². The van der Waals surface area contributed by atoms with Crippen LogP contribution >= 0.6 is 38.6 Å². The van der Waals surface area contributed by atoms with Crippen molar-refractivity contribution in [1.82, 2.24) is 10.3 Å². The molecule has 1 amide bonds. The normalized spacial score (nSPS) is 10.6. The Kier molecular flexibility index (Phi) is 4.66.